The number of amides is 2. The van der Waals surface area contributed by atoms with E-state index in [9.17, 15) is 24.6 Å². The Morgan fingerprint density at radius 3 is 2.46 bits per heavy atom. The highest BCUT2D eigenvalue weighted by Crippen LogP contribution is 2.46. The molecule has 1 saturated heterocycles. The van der Waals surface area contributed by atoms with Gasteiger partial charge in [0.15, 0.2) is 0 Å². The monoisotopic (exact) mass is 332 g/mol. The number of β-lactam (4-membered cyclic amide) rings is 1. The molecule has 1 aromatic carbocycles. The van der Waals surface area contributed by atoms with Crippen LogP contribution in [0.3, 0.4) is 0 Å². The van der Waals surface area contributed by atoms with Crippen molar-refractivity contribution in [3.05, 3.63) is 35.5 Å². The first-order valence-corrected chi connectivity index (χ1v) is 7.36. The van der Waals surface area contributed by atoms with Gasteiger partial charge in [0.1, 0.15) is 11.4 Å². The molecule has 1 aromatic rings. The molecule has 2 amide bonds. The highest BCUT2D eigenvalue weighted by molar-refractivity contribution is 6.06. The molecule has 0 bridgehead atoms. The normalized spacial score (nSPS) is 23.6. The largest absolute Gasteiger partial charge is 0.477 e. The van der Waals surface area contributed by atoms with Gasteiger partial charge in [-0.3, -0.25) is 4.79 Å². The fourth-order valence-electron chi connectivity index (χ4n) is 3.37. The van der Waals surface area contributed by atoms with Crippen LogP contribution in [0.25, 0.3) is 5.57 Å². The number of benzene rings is 1. The van der Waals surface area contributed by atoms with E-state index in [1.165, 1.54) is 24.0 Å². The Labute approximate surface area is 137 Å². The molecule has 126 valence electrons. The minimum absolute atomic E-state index is 0.0644. The maximum absolute atomic E-state index is 12.1. The minimum Gasteiger partial charge on any atom is -0.477 e. The molecule has 24 heavy (non-hydrogen) atoms. The Morgan fingerprint density at radius 2 is 1.96 bits per heavy atom. The van der Waals surface area contributed by atoms with Crippen LogP contribution in [0.1, 0.15) is 18.9 Å². The summed E-state index contributed by atoms with van der Waals surface area (Å²) in [5, 5.41) is 19.2. The second-order valence-corrected chi connectivity index (χ2v) is 5.82. The molecule has 3 atom stereocenters. The van der Waals surface area contributed by atoms with E-state index >= 15 is 0 Å². The molecule has 0 saturated carbocycles. The fraction of sp³-hybridized carbons (Fsp3) is 0.312. The number of nitrogens with two attached hydrogens (primary N) is 1. The molecule has 2 heterocycles. The summed E-state index contributed by atoms with van der Waals surface area (Å²) in [5.74, 6) is -1.92. The molecule has 8 nitrogen and oxygen atoms in total. The predicted octanol–water partition coefficient (Wildman–Crippen LogP) is 0.551. The molecule has 0 aromatic heterocycles. The number of hydrogen-bond donors (Lipinski definition) is 3. The van der Waals surface area contributed by atoms with Gasteiger partial charge in [-0.2, -0.15) is 0 Å². The van der Waals surface area contributed by atoms with E-state index in [1.807, 2.05) is 0 Å². The molecule has 1 fully saturated rings. The Morgan fingerprint density at radius 1 is 1.33 bits per heavy atom. The highest BCUT2D eigenvalue weighted by Gasteiger charge is 2.56. The molecule has 3 rings (SSSR count). The average molecular weight is 332 g/mol. The number of fused-ring (bicyclic) bond motifs is 1. The number of nitrogens with zero attached hydrogens (tertiary/aromatic N) is 1. The molecule has 0 unspecified atom stereocenters. The third-order valence-electron chi connectivity index (χ3n) is 4.35. The zero-order valence-corrected chi connectivity index (χ0v) is 12.8. The van der Waals surface area contributed by atoms with Gasteiger partial charge in [0.05, 0.1) is 18.1 Å². The summed E-state index contributed by atoms with van der Waals surface area (Å²) in [5.41, 5.74) is 5.99. The molecular weight excluding hydrogens is 316 g/mol. The topological polar surface area (TPSA) is 130 Å². The minimum atomic E-state index is -1.19. The Balaban J connectivity index is 1.93. The smallest absolute Gasteiger partial charge is 0.409 e. The number of carboxylic acids is 1. The summed E-state index contributed by atoms with van der Waals surface area (Å²) in [6.45, 7) is 1.52. The number of rotatable bonds is 4. The number of carbonyl (C=O) groups excluding carboxylic acids is 2. The number of carboxylic acid groups (broad SMARTS) is 1. The second-order valence-electron chi connectivity index (χ2n) is 5.82. The maximum Gasteiger partial charge on any atom is 0.409 e. The van der Waals surface area contributed by atoms with Crippen molar-refractivity contribution in [2.45, 2.75) is 25.5 Å². The summed E-state index contributed by atoms with van der Waals surface area (Å²) in [6, 6.07) is 5.85. The standard InChI is InChI=1S/C16H16N2O6/c1-7(19)12-11-6-10(13(15(21)22)18(11)14(12)20)8-2-4-9(5-3-8)24-16(17)23/h2-5,7,11-12,19H,6H2,1H3,(H2,17,23)(H,21,22)/t7-,11-,12-/m1/s1. The van der Waals surface area contributed by atoms with Crippen LogP contribution in [0.5, 0.6) is 5.75 Å². The summed E-state index contributed by atoms with van der Waals surface area (Å²) < 4.78 is 4.74. The van der Waals surface area contributed by atoms with Crippen LogP contribution < -0.4 is 10.5 Å². The van der Waals surface area contributed by atoms with Crippen molar-refractivity contribution in [3.63, 3.8) is 0 Å². The van der Waals surface area contributed by atoms with Crippen LogP contribution in [0, 0.1) is 5.92 Å². The number of primary amides is 1. The van der Waals surface area contributed by atoms with Gasteiger partial charge >= 0.3 is 12.1 Å². The Bertz CT molecular complexity index is 752. The summed E-state index contributed by atoms with van der Waals surface area (Å²) in [4.78, 5) is 35.7. The quantitative estimate of drug-likeness (QED) is 0.690. The number of hydrogen-bond acceptors (Lipinski definition) is 5. The van der Waals surface area contributed by atoms with Gasteiger partial charge in [-0.25, -0.2) is 9.59 Å². The Hall–Kier alpha value is -2.87. The fourth-order valence-corrected chi connectivity index (χ4v) is 3.37. The summed E-state index contributed by atoms with van der Waals surface area (Å²) in [6.07, 6.45) is -1.43. The van der Waals surface area contributed by atoms with E-state index in [1.54, 1.807) is 12.1 Å². The zero-order chi connectivity index (χ0) is 17.6. The SMILES string of the molecule is C[C@@H](O)[C@H]1C(=O)N2C(C(=O)O)=C(c3ccc(OC(N)=O)cc3)C[C@H]12. The lowest BCUT2D eigenvalue weighted by Gasteiger charge is -2.44. The molecule has 2 aliphatic rings. The summed E-state index contributed by atoms with van der Waals surface area (Å²) >= 11 is 0. The van der Waals surface area contributed by atoms with Crippen LogP contribution in [0.15, 0.2) is 30.0 Å². The van der Waals surface area contributed by atoms with Crippen molar-refractivity contribution in [3.8, 4) is 5.75 Å². The van der Waals surface area contributed by atoms with Gasteiger partial charge in [0.2, 0.25) is 5.91 Å². The van der Waals surface area contributed by atoms with Gasteiger partial charge < -0.3 is 25.6 Å². The van der Waals surface area contributed by atoms with E-state index in [-0.39, 0.29) is 23.4 Å². The predicted molar refractivity (Wildman–Crippen MR) is 81.6 cm³/mol. The number of aliphatic hydroxyl groups is 1. The van der Waals surface area contributed by atoms with Crippen molar-refractivity contribution in [1.29, 1.82) is 0 Å². The lowest BCUT2D eigenvalue weighted by atomic mass is 9.82. The van der Waals surface area contributed by atoms with Gasteiger partial charge in [0.25, 0.3) is 0 Å². The van der Waals surface area contributed by atoms with Crippen molar-refractivity contribution in [2.75, 3.05) is 0 Å². The van der Waals surface area contributed by atoms with Gasteiger partial charge in [-0.1, -0.05) is 12.1 Å². The molecule has 8 heteroatoms. The number of carbonyl (C=O) groups is 3. The molecule has 4 N–H and O–H groups in total. The van der Waals surface area contributed by atoms with Crippen LogP contribution >= 0.6 is 0 Å². The average Bonchev–Trinajstić information content (AvgIpc) is 2.82. The number of aliphatic carboxylic acids is 1. The van der Waals surface area contributed by atoms with Crippen LogP contribution in [-0.4, -0.2) is 45.2 Å². The van der Waals surface area contributed by atoms with E-state index in [4.69, 9.17) is 10.5 Å². The first kappa shape index (κ1) is 16.0. The van der Waals surface area contributed by atoms with Crippen LogP contribution in [0.2, 0.25) is 0 Å². The molecule has 2 aliphatic heterocycles. The number of aliphatic hydroxyl groups excluding tert-OH is 1. The maximum atomic E-state index is 12.1. The van der Waals surface area contributed by atoms with Gasteiger partial charge in [-0.05, 0) is 36.6 Å². The first-order valence-electron chi connectivity index (χ1n) is 7.36. The van der Waals surface area contributed by atoms with E-state index in [2.05, 4.69) is 0 Å². The molecule has 0 aliphatic carbocycles. The van der Waals surface area contributed by atoms with Crippen molar-refractivity contribution >= 4 is 23.5 Å². The second kappa shape index (κ2) is 5.64. The van der Waals surface area contributed by atoms with E-state index in [0.717, 1.165) is 0 Å². The summed E-state index contributed by atoms with van der Waals surface area (Å²) in [7, 11) is 0. The third kappa shape index (κ3) is 2.41. The van der Waals surface area contributed by atoms with Gasteiger partial charge in [-0.15, -0.1) is 0 Å². The zero-order valence-electron chi connectivity index (χ0n) is 12.8. The molecular formula is C16H16N2O6. The first-order chi connectivity index (χ1) is 11.3. The lowest BCUT2D eigenvalue weighted by molar-refractivity contribution is -0.161. The van der Waals surface area contributed by atoms with E-state index in [0.29, 0.717) is 17.6 Å². The van der Waals surface area contributed by atoms with Crippen LogP contribution in [0.4, 0.5) is 4.79 Å². The highest BCUT2D eigenvalue weighted by atomic mass is 16.5. The molecule has 0 radical (unpaired) electrons. The van der Waals surface area contributed by atoms with E-state index < -0.39 is 24.1 Å². The third-order valence-corrected chi connectivity index (χ3v) is 4.35. The van der Waals surface area contributed by atoms with Crippen LogP contribution in [-0.2, 0) is 9.59 Å². The van der Waals surface area contributed by atoms with Crippen molar-refractivity contribution in [2.24, 2.45) is 11.7 Å². The van der Waals surface area contributed by atoms with Crippen molar-refractivity contribution < 1.29 is 29.3 Å². The molecule has 0 spiro atoms. The van der Waals surface area contributed by atoms with Gasteiger partial charge in [0, 0.05) is 0 Å². The lowest BCUT2D eigenvalue weighted by Crippen LogP contribution is -2.61. The van der Waals surface area contributed by atoms with Crippen molar-refractivity contribution in [1.82, 2.24) is 4.90 Å². The Kier molecular flexibility index (Phi) is 3.76. The number of ether oxygens (including phenoxy) is 1.